The third-order valence-corrected chi connectivity index (χ3v) is 2.45. The molecule has 84 valence electrons. The molecule has 0 saturated carbocycles. The van der Waals surface area contributed by atoms with Crippen molar-refractivity contribution in [3.8, 4) is 0 Å². The summed E-state index contributed by atoms with van der Waals surface area (Å²) in [7, 11) is 0. The second-order valence-electron chi connectivity index (χ2n) is 3.40. The minimum Gasteiger partial charge on any atom is -0.378 e. The lowest BCUT2D eigenvalue weighted by molar-refractivity contribution is 0.122. The molecule has 1 fully saturated rings. The van der Waals surface area contributed by atoms with Crippen LogP contribution in [0, 0.1) is 5.82 Å². The highest BCUT2D eigenvalue weighted by Gasteiger charge is 2.17. The van der Waals surface area contributed by atoms with Crippen molar-refractivity contribution in [1.29, 1.82) is 0 Å². The fourth-order valence-corrected chi connectivity index (χ4v) is 1.73. The van der Waals surface area contributed by atoms with Crippen LogP contribution in [0.2, 0.25) is 0 Å². The molecule has 1 aromatic carbocycles. The summed E-state index contributed by atoms with van der Waals surface area (Å²) < 4.78 is 18.9. The highest BCUT2D eigenvalue weighted by molar-refractivity contribution is 5.67. The van der Waals surface area contributed by atoms with E-state index >= 15 is 0 Å². The predicted molar refractivity (Wildman–Crippen MR) is 58.2 cm³/mol. The highest BCUT2D eigenvalue weighted by atomic mass is 19.1. The zero-order valence-electron chi connectivity index (χ0n) is 8.64. The van der Waals surface area contributed by atoms with E-state index < -0.39 is 0 Å². The van der Waals surface area contributed by atoms with Gasteiger partial charge >= 0.3 is 0 Å². The lowest BCUT2D eigenvalue weighted by Crippen LogP contribution is -2.36. The standard InChI is InChI=1S/C10H11FN4O/c11-8-2-1-3-9(13-14-12)10(8)15-4-6-16-7-5-15/h1-3H,4-7H2. The first-order valence-electron chi connectivity index (χ1n) is 4.99. The normalized spacial score (nSPS) is 15.7. The maximum Gasteiger partial charge on any atom is 0.146 e. The van der Waals surface area contributed by atoms with Gasteiger partial charge in [-0.1, -0.05) is 17.2 Å². The Balaban J connectivity index is 2.39. The van der Waals surface area contributed by atoms with Crippen LogP contribution in [0.5, 0.6) is 0 Å². The number of nitrogens with zero attached hydrogens (tertiary/aromatic N) is 4. The van der Waals surface area contributed by atoms with Crippen LogP contribution in [0.15, 0.2) is 23.3 Å². The molecule has 0 N–H and O–H groups in total. The molecule has 1 aliphatic heterocycles. The minimum absolute atomic E-state index is 0.324. The molecule has 5 nitrogen and oxygen atoms in total. The number of hydrogen-bond donors (Lipinski definition) is 0. The molecule has 6 heteroatoms. The average molecular weight is 222 g/mol. The van der Waals surface area contributed by atoms with Crippen molar-refractivity contribution in [2.45, 2.75) is 0 Å². The number of para-hydroxylation sites is 1. The molecule has 0 unspecified atom stereocenters. The Morgan fingerprint density at radius 3 is 2.81 bits per heavy atom. The minimum atomic E-state index is -0.369. The van der Waals surface area contributed by atoms with Crippen molar-refractivity contribution in [3.63, 3.8) is 0 Å². The maximum atomic E-state index is 13.7. The Morgan fingerprint density at radius 2 is 2.12 bits per heavy atom. The molecule has 2 rings (SSSR count). The topological polar surface area (TPSA) is 61.2 Å². The Kier molecular flexibility index (Phi) is 3.24. The fraction of sp³-hybridized carbons (Fsp3) is 0.400. The molecule has 1 aliphatic rings. The Hall–Kier alpha value is -1.78. The summed E-state index contributed by atoms with van der Waals surface area (Å²) in [6, 6.07) is 4.50. The van der Waals surface area contributed by atoms with Crippen LogP contribution in [0.3, 0.4) is 0 Å². The number of halogens is 1. The van der Waals surface area contributed by atoms with Crippen molar-refractivity contribution in [2.75, 3.05) is 31.2 Å². The summed E-state index contributed by atoms with van der Waals surface area (Å²) in [6.45, 7) is 2.33. The zero-order chi connectivity index (χ0) is 11.4. The highest BCUT2D eigenvalue weighted by Crippen LogP contribution is 2.32. The van der Waals surface area contributed by atoms with Gasteiger partial charge in [-0.25, -0.2) is 4.39 Å². The number of rotatable bonds is 2. The van der Waals surface area contributed by atoms with Gasteiger partial charge in [0.25, 0.3) is 0 Å². The molecule has 0 spiro atoms. The van der Waals surface area contributed by atoms with Crippen molar-refractivity contribution >= 4 is 11.4 Å². The predicted octanol–water partition coefficient (Wildman–Crippen LogP) is 2.60. The van der Waals surface area contributed by atoms with Gasteiger partial charge in [0.2, 0.25) is 0 Å². The summed E-state index contributed by atoms with van der Waals surface area (Å²) in [5.41, 5.74) is 9.11. The number of benzene rings is 1. The molecule has 1 saturated heterocycles. The first-order chi connectivity index (χ1) is 7.83. The van der Waals surface area contributed by atoms with Crippen LogP contribution in [0.1, 0.15) is 0 Å². The number of azide groups is 1. The van der Waals surface area contributed by atoms with Crippen LogP contribution in [0.4, 0.5) is 15.8 Å². The lowest BCUT2D eigenvalue weighted by Gasteiger charge is -2.30. The first kappa shape index (κ1) is 10.7. The van der Waals surface area contributed by atoms with Crippen LogP contribution in [0.25, 0.3) is 10.4 Å². The number of hydrogen-bond acceptors (Lipinski definition) is 3. The van der Waals surface area contributed by atoms with E-state index in [2.05, 4.69) is 10.0 Å². The zero-order valence-corrected chi connectivity index (χ0v) is 8.64. The van der Waals surface area contributed by atoms with Gasteiger partial charge in [-0.2, -0.15) is 0 Å². The molecule has 16 heavy (non-hydrogen) atoms. The van der Waals surface area contributed by atoms with Gasteiger partial charge < -0.3 is 9.64 Å². The van der Waals surface area contributed by atoms with E-state index in [0.717, 1.165) is 0 Å². The number of anilines is 1. The average Bonchev–Trinajstić information content (AvgIpc) is 2.31. The first-order valence-corrected chi connectivity index (χ1v) is 4.99. The van der Waals surface area contributed by atoms with Crippen molar-refractivity contribution in [3.05, 3.63) is 34.5 Å². The number of morpholine rings is 1. The summed E-state index contributed by atoms with van der Waals surface area (Å²) in [5.74, 6) is -0.369. The van der Waals surface area contributed by atoms with Gasteiger partial charge in [0.1, 0.15) is 5.82 Å². The van der Waals surface area contributed by atoms with E-state index in [1.54, 1.807) is 6.07 Å². The van der Waals surface area contributed by atoms with E-state index in [1.807, 2.05) is 4.90 Å². The maximum absolute atomic E-state index is 13.7. The molecule has 0 aromatic heterocycles. The molecule has 1 heterocycles. The van der Waals surface area contributed by atoms with E-state index in [9.17, 15) is 4.39 Å². The van der Waals surface area contributed by atoms with Gasteiger partial charge in [-0.3, -0.25) is 0 Å². The lowest BCUT2D eigenvalue weighted by atomic mass is 10.2. The quantitative estimate of drug-likeness (QED) is 0.438. The molecule has 0 aliphatic carbocycles. The molecular weight excluding hydrogens is 211 g/mol. The van der Waals surface area contributed by atoms with Gasteiger partial charge in [-0.15, -0.1) is 0 Å². The van der Waals surface area contributed by atoms with E-state index in [1.165, 1.54) is 12.1 Å². The molecule has 0 radical (unpaired) electrons. The van der Waals surface area contributed by atoms with Crippen molar-refractivity contribution in [1.82, 2.24) is 0 Å². The smallest absolute Gasteiger partial charge is 0.146 e. The second kappa shape index (κ2) is 4.83. The monoisotopic (exact) mass is 222 g/mol. The van der Waals surface area contributed by atoms with Crippen molar-refractivity contribution in [2.24, 2.45) is 5.11 Å². The molecule has 0 bridgehead atoms. The summed E-state index contributed by atoms with van der Waals surface area (Å²) in [5, 5.41) is 3.50. The summed E-state index contributed by atoms with van der Waals surface area (Å²) in [6.07, 6.45) is 0. The van der Waals surface area contributed by atoms with Crippen LogP contribution in [-0.2, 0) is 4.74 Å². The Bertz CT molecular complexity index is 425. The van der Waals surface area contributed by atoms with Crippen molar-refractivity contribution < 1.29 is 9.13 Å². The number of ether oxygens (including phenoxy) is 1. The molecule has 0 amide bonds. The third kappa shape index (κ3) is 2.08. The van der Waals surface area contributed by atoms with E-state index in [0.29, 0.717) is 37.7 Å². The van der Waals surface area contributed by atoms with E-state index in [4.69, 9.17) is 10.3 Å². The fourth-order valence-electron chi connectivity index (χ4n) is 1.73. The summed E-state index contributed by atoms with van der Waals surface area (Å²) in [4.78, 5) is 4.54. The second-order valence-corrected chi connectivity index (χ2v) is 3.40. The van der Waals surface area contributed by atoms with Crippen LogP contribution < -0.4 is 4.90 Å². The van der Waals surface area contributed by atoms with Crippen LogP contribution in [-0.4, -0.2) is 26.3 Å². The van der Waals surface area contributed by atoms with Gasteiger partial charge in [0, 0.05) is 18.0 Å². The Labute approximate surface area is 92.1 Å². The van der Waals surface area contributed by atoms with Gasteiger partial charge in [-0.05, 0) is 11.6 Å². The largest absolute Gasteiger partial charge is 0.378 e. The van der Waals surface area contributed by atoms with Gasteiger partial charge in [0.15, 0.2) is 0 Å². The molecule has 0 atom stereocenters. The third-order valence-electron chi connectivity index (χ3n) is 2.45. The SMILES string of the molecule is [N-]=[N+]=Nc1cccc(F)c1N1CCOCC1. The van der Waals surface area contributed by atoms with E-state index in [-0.39, 0.29) is 5.82 Å². The van der Waals surface area contributed by atoms with Gasteiger partial charge in [0.05, 0.1) is 24.6 Å². The van der Waals surface area contributed by atoms with Crippen LogP contribution >= 0.6 is 0 Å². The molecule has 1 aromatic rings. The molecular formula is C10H11FN4O. The summed E-state index contributed by atoms with van der Waals surface area (Å²) >= 11 is 0. The Morgan fingerprint density at radius 1 is 1.38 bits per heavy atom.